The Morgan fingerprint density at radius 1 is 1.10 bits per heavy atom. The predicted octanol–water partition coefficient (Wildman–Crippen LogP) is 4.04. The van der Waals surface area contributed by atoms with Gasteiger partial charge in [0.25, 0.3) is 5.91 Å². The smallest absolute Gasteiger partial charge is 0.343 e. The van der Waals surface area contributed by atoms with Crippen molar-refractivity contribution < 1.29 is 44.7 Å². The molecule has 1 fully saturated rings. The number of aromatic nitrogens is 2. The van der Waals surface area contributed by atoms with Crippen LogP contribution in [0.4, 0.5) is 45.7 Å². The minimum absolute atomic E-state index is 0.0870. The molecule has 16 heteroatoms. The number of benzene rings is 1. The van der Waals surface area contributed by atoms with Gasteiger partial charge in [0.15, 0.2) is 17.3 Å². The molecule has 3 amide bonds. The van der Waals surface area contributed by atoms with E-state index in [-0.39, 0.29) is 30.5 Å². The maximum Gasteiger partial charge on any atom is 0.455 e. The molecule has 1 aliphatic rings. The lowest BCUT2D eigenvalue weighted by Gasteiger charge is -2.26. The van der Waals surface area contributed by atoms with Crippen LogP contribution in [0, 0.1) is 17.5 Å². The van der Waals surface area contributed by atoms with Gasteiger partial charge in [0, 0.05) is 30.9 Å². The maximum atomic E-state index is 14.8. The number of carbonyl (C=O) groups excluding carboxylic acids is 2. The number of rotatable bonds is 5. The number of alkyl halides is 5. The number of pyridine rings is 2. The van der Waals surface area contributed by atoms with Crippen LogP contribution in [-0.4, -0.2) is 52.2 Å². The number of urea groups is 1. The Bertz CT molecular complexity index is 1530. The van der Waals surface area contributed by atoms with Gasteiger partial charge in [-0.15, -0.1) is 0 Å². The number of nitrogens with zero attached hydrogens (tertiary/aromatic N) is 3. The molecule has 2 N–H and O–H groups in total. The van der Waals surface area contributed by atoms with Crippen LogP contribution in [0.25, 0.3) is 16.7 Å². The molecule has 3 aromatic rings. The van der Waals surface area contributed by atoms with Crippen LogP contribution >= 0.6 is 0 Å². The van der Waals surface area contributed by atoms with Crippen molar-refractivity contribution in [3.8, 4) is 5.69 Å². The van der Waals surface area contributed by atoms with Crippen LogP contribution in [0.3, 0.4) is 0 Å². The molecule has 1 aliphatic heterocycles. The number of anilines is 1. The van der Waals surface area contributed by atoms with E-state index in [2.05, 4.69) is 10.3 Å². The molecule has 2 aromatic heterocycles. The van der Waals surface area contributed by atoms with Gasteiger partial charge in [0.2, 0.25) is 5.43 Å². The van der Waals surface area contributed by atoms with Crippen molar-refractivity contribution in [2.24, 2.45) is 0 Å². The summed E-state index contributed by atoms with van der Waals surface area (Å²) in [5.41, 5.74) is -3.88. The van der Waals surface area contributed by atoms with Crippen LogP contribution in [0.2, 0.25) is 0 Å². The van der Waals surface area contributed by atoms with Crippen LogP contribution in [0.1, 0.15) is 24.2 Å². The number of hydrogen-bond donors (Lipinski definition) is 2. The Kier molecular flexibility index (Phi) is 6.77. The summed E-state index contributed by atoms with van der Waals surface area (Å²) in [5, 5.41) is 3.45. The molecule has 1 saturated heterocycles. The zero-order chi connectivity index (χ0) is 29.0. The van der Waals surface area contributed by atoms with Crippen molar-refractivity contribution in [1.29, 1.82) is 0 Å². The van der Waals surface area contributed by atoms with E-state index in [0.717, 1.165) is 17.0 Å². The van der Waals surface area contributed by atoms with Crippen molar-refractivity contribution in [3.05, 3.63) is 63.7 Å². The van der Waals surface area contributed by atoms with Crippen LogP contribution in [0.15, 0.2) is 35.3 Å². The fourth-order valence-corrected chi connectivity index (χ4v) is 3.94. The van der Waals surface area contributed by atoms with Gasteiger partial charge >= 0.3 is 18.1 Å². The van der Waals surface area contributed by atoms with Crippen molar-refractivity contribution in [1.82, 2.24) is 20.2 Å². The van der Waals surface area contributed by atoms with E-state index >= 15 is 0 Å². The lowest BCUT2D eigenvalue weighted by Crippen LogP contribution is -2.54. The van der Waals surface area contributed by atoms with E-state index < -0.39 is 75.2 Å². The van der Waals surface area contributed by atoms with Gasteiger partial charge in [0.05, 0.1) is 11.4 Å². The highest BCUT2D eigenvalue weighted by molar-refractivity contribution is 5.98. The lowest BCUT2D eigenvalue weighted by molar-refractivity contribution is -0.290. The molecule has 208 valence electrons. The summed E-state index contributed by atoms with van der Waals surface area (Å²) in [6.45, 7) is 2.14. The second kappa shape index (κ2) is 9.50. The van der Waals surface area contributed by atoms with Gasteiger partial charge in [-0.2, -0.15) is 22.0 Å². The van der Waals surface area contributed by atoms with Crippen LogP contribution < -0.4 is 21.0 Å². The van der Waals surface area contributed by atoms with Crippen molar-refractivity contribution in [2.75, 3.05) is 11.4 Å². The standard InChI is InChI=1S/C23H17F8N5O3/c1-9-7-35(21(39)32-9)16-4-3-12-18(37)13(20(38)33-10(2)22(27,28)23(29,30)31)8-36(19(12)34-16)17-14(25)5-11(24)6-15(17)26/h3-6,8-10H,7H2,1-2H3,(H,32,39)(H,33,38). The second-order valence-corrected chi connectivity index (χ2v) is 8.78. The Morgan fingerprint density at radius 2 is 1.72 bits per heavy atom. The molecular weight excluding hydrogens is 546 g/mol. The first-order valence-electron chi connectivity index (χ1n) is 11.1. The second-order valence-electron chi connectivity index (χ2n) is 8.78. The highest BCUT2D eigenvalue weighted by atomic mass is 19.4. The fraction of sp³-hybridized carbons (Fsp3) is 0.304. The average molecular weight is 563 g/mol. The summed E-state index contributed by atoms with van der Waals surface area (Å²) in [4.78, 5) is 43.3. The average Bonchev–Trinajstić information content (AvgIpc) is 3.16. The molecule has 3 heterocycles. The van der Waals surface area contributed by atoms with E-state index in [0.29, 0.717) is 17.7 Å². The number of amides is 3. The number of fused-ring (bicyclic) bond motifs is 1. The van der Waals surface area contributed by atoms with E-state index in [9.17, 15) is 49.5 Å². The first kappa shape index (κ1) is 27.8. The highest BCUT2D eigenvalue weighted by Gasteiger charge is 2.61. The monoisotopic (exact) mass is 563 g/mol. The summed E-state index contributed by atoms with van der Waals surface area (Å²) >= 11 is 0. The minimum Gasteiger partial charge on any atom is -0.343 e. The summed E-state index contributed by atoms with van der Waals surface area (Å²) in [6.07, 6.45) is -5.56. The van der Waals surface area contributed by atoms with E-state index in [4.69, 9.17) is 0 Å². The number of carbonyl (C=O) groups is 2. The van der Waals surface area contributed by atoms with Gasteiger partial charge < -0.3 is 10.6 Å². The third-order valence-corrected chi connectivity index (χ3v) is 5.92. The molecule has 4 rings (SSSR count). The molecular formula is C23H17F8N5O3. The van der Waals surface area contributed by atoms with Gasteiger partial charge in [-0.25, -0.2) is 22.9 Å². The molecule has 0 spiro atoms. The van der Waals surface area contributed by atoms with E-state index in [1.165, 1.54) is 5.32 Å². The summed E-state index contributed by atoms with van der Waals surface area (Å²) in [7, 11) is 0. The fourth-order valence-electron chi connectivity index (χ4n) is 3.94. The third-order valence-electron chi connectivity index (χ3n) is 5.92. The van der Waals surface area contributed by atoms with Gasteiger partial charge in [0.1, 0.15) is 22.9 Å². The maximum absolute atomic E-state index is 14.8. The summed E-state index contributed by atoms with van der Waals surface area (Å²) in [5.74, 6) is -11.6. The molecule has 1 aromatic carbocycles. The molecule has 2 unspecified atom stereocenters. The number of nitrogens with one attached hydrogen (secondary N) is 2. The Hall–Kier alpha value is -4.24. The summed E-state index contributed by atoms with van der Waals surface area (Å²) in [6, 6.07) is -1.02. The van der Waals surface area contributed by atoms with Gasteiger partial charge in [-0.05, 0) is 26.0 Å². The Labute approximate surface area is 213 Å². The minimum atomic E-state index is -6.04. The summed E-state index contributed by atoms with van der Waals surface area (Å²) < 4.78 is 109. The first-order valence-corrected chi connectivity index (χ1v) is 11.1. The molecule has 0 radical (unpaired) electrons. The topological polar surface area (TPSA) is 96.3 Å². The Morgan fingerprint density at radius 3 is 2.26 bits per heavy atom. The van der Waals surface area contributed by atoms with Crippen molar-refractivity contribution >= 4 is 28.8 Å². The molecule has 2 atom stereocenters. The number of halogens is 8. The van der Waals surface area contributed by atoms with E-state index in [1.807, 2.05) is 0 Å². The predicted molar refractivity (Wildman–Crippen MR) is 120 cm³/mol. The molecule has 0 aliphatic carbocycles. The molecule has 39 heavy (non-hydrogen) atoms. The van der Waals surface area contributed by atoms with Crippen molar-refractivity contribution in [3.63, 3.8) is 0 Å². The molecule has 0 bridgehead atoms. The Balaban J connectivity index is 1.93. The van der Waals surface area contributed by atoms with Crippen LogP contribution in [0.5, 0.6) is 0 Å². The van der Waals surface area contributed by atoms with Crippen molar-refractivity contribution in [2.45, 2.75) is 38.0 Å². The lowest BCUT2D eigenvalue weighted by atomic mass is 10.1. The highest BCUT2D eigenvalue weighted by Crippen LogP contribution is 2.38. The zero-order valence-corrected chi connectivity index (χ0v) is 19.8. The normalized spacial score (nSPS) is 16.9. The number of hydrogen-bond acceptors (Lipinski definition) is 4. The zero-order valence-electron chi connectivity index (χ0n) is 19.8. The van der Waals surface area contributed by atoms with Crippen LogP contribution in [-0.2, 0) is 0 Å². The largest absolute Gasteiger partial charge is 0.455 e. The van der Waals surface area contributed by atoms with Gasteiger partial charge in [-0.1, -0.05) is 0 Å². The molecule has 0 saturated carbocycles. The third kappa shape index (κ3) is 4.85. The first-order chi connectivity index (χ1) is 18.0. The van der Waals surface area contributed by atoms with Gasteiger partial charge in [-0.3, -0.25) is 19.1 Å². The quantitative estimate of drug-likeness (QED) is 0.459. The van der Waals surface area contributed by atoms with E-state index in [1.54, 1.807) is 6.92 Å². The molecule has 8 nitrogen and oxygen atoms in total. The SMILES string of the molecule is CC1CN(c2ccc3c(=O)c(C(=O)NC(C)C(F)(F)C(F)(F)F)cn(-c4c(F)cc(F)cc4F)c3n2)C(=O)N1.